The summed E-state index contributed by atoms with van der Waals surface area (Å²) in [4.78, 5) is 5.70. The molecule has 17 heavy (non-hydrogen) atoms. The molecular weight excluding hydrogens is 210 g/mol. The van der Waals surface area contributed by atoms with Crippen molar-refractivity contribution < 1.29 is 0 Å². The van der Waals surface area contributed by atoms with Gasteiger partial charge in [0, 0.05) is 25.9 Å². The Morgan fingerprint density at radius 3 is 2.65 bits per heavy atom. The fraction of sp³-hybridized carbons (Fsp3) is 0.500. The van der Waals surface area contributed by atoms with Crippen molar-refractivity contribution in [1.82, 2.24) is 4.90 Å². The van der Waals surface area contributed by atoms with Gasteiger partial charge in [0.15, 0.2) is 0 Å². The zero-order chi connectivity index (χ0) is 13.3. The van der Waals surface area contributed by atoms with E-state index in [1.807, 2.05) is 19.1 Å². The number of aliphatic imine (C=N–C) groups is 1. The lowest BCUT2D eigenvalue weighted by molar-refractivity contribution is 0.672. The van der Waals surface area contributed by atoms with E-state index in [2.05, 4.69) is 31.5 Å². The first-order chi connectivity index (χ1) is 7.99. The highest BCUT2D eigenvalue weighted by atomic mass is 15.2. The standard InChI is InChI=1S/C14H23N3/c1-6-11-17(5)14(15)16-10-8-7-9-13(4)12(2)3/h6-7,10-12,15H,8H2,1-5H3/b11-6+,15-14?,16-10?. The first-order valence-corrected chi connectivity index (χ1v) is 5.87. The lowest BCUT2D eigenvalue weighted by Gasteiger charge is -2.09. The number of hydrogen-bond donors (Lipinski definition) is 1. The van der Waals surface area contributed by atoms with E-state index in [0.29, 0.717) is 12.3 Å². The van der Waals surface area contributed by atoms with Gasteiger partial charge in [0.2, 0.25) is 5.96 Å². The second kappa shape index (κ2) is 8.54. The molecule has 0 aliphatic heterocycles. The Morgan fingerprint density at radius 1 is 1.47 bits per heavy atom. The molecule has 3 heteroatoms. The second-order valence-corrected chi connectivity index (χ2v) is 4.15. The Balaban J connectivity index is 4.22. The van der Waals surface area contributed by atoms with E-state index >= 15 is 0 Å². The predicted molar refractivity (Wildman–Crippen MR) is 75.5 cm³/mol. The van der Waals surface area contributed by atoms with Crippen LogP contribution in [0.25, 0.3) is 0 Å². The summed E-state index contributed by atoms with van der Waals surface area (Å²) in [5.41, 5.74) is 4.45. The van der Waals surface area contributed by atoms with E-state index in [9.17, 15) is 0 Å². The maximum absolute atomic E-state index is 7.62. The molecular formula is C14H23N3. The lowest BCUT2D eigenvalue weighted by Crippen LogP contribution is -2.17. The molecule has 0 saturated heterocycles. The Hall–Kier alpha value is -1.60. The van der Waals surface area contributed by atoms with Crippen LogP contribution in [0.15, 0.2) is 34.6 Å². The lowest BCUT2D eigenvalue weighted by atomic mass is 10.1. The molecule has 0 spiro atoms. The number of nitrogens with zero attached hydrogens (tertiary/aromatic N) is 2. The van der Waals surface area contributed by atoms with E-state index in [1.54, 1.807) is 24.4 Å². The van der Waals surface area contributed by atoms with Crippen LogP contribution >= 0.6 is 0 Å². The highest BCUT2D eigenvalue weighted by Gasteiger charge is 1.95. The smallest absolute Gasteiger partial charge is 0.221 e. The van der Waals surface area contributed by atoms with Gasteiger partial charge >= 0.3 is 0 Å². The van der Waals surface area contributed by atoms with E-state index < -0.39 is 0 Å². The van der Waals surface area contributed by atoms with Crippen LogP contribution in [0.4, 0.5) is 0 Å². The summed E-state index contributed by atoms with van der Waals surface area (Å²) in [6.45, 7) is 8.27. The monoisotopic (exact) mass is 233 g/mol. The zero-order valence-corrected chi connectivity index (χ0v) is 11.5. The molecule has 0 aromatic carbocycles. The topological polar surface area (TPSA) is 39.5 Å². The summed E-state index contributed by atoms with van der Waals surface area (Å²) in [6.07, 6.45) is 8.05. The Labute approximate surface area is 105 Å². The SMILES string of the molecule is C/C=C/N(C)C(=N)N=CCC=C=C(C)C(C)C. The van der Waals surface area contributed by atoms with Crippen molar-refractivity contribution in [2.45, 2.75) is 34.1 Å². The van der Waals surface area contributed by atoms with Gasteiger partial charge in [-0.15, -0.1) is 5.73 Å². The quantitative estimate of drug-likeness (QED) is 0.450. The molecule has 0 bridgehead atoms. The summed E-state index contributed by atoms with van der Waals surface area (Å²) in [7, 11) is 1.80. The van der Waals surface area contributed by atoms with Gasteiger partial charge in [-0.2, -0.15) is 0 Å². The molecule has 0 unspecified atom stereocenters. The van der Waals surface area contributed by atoms with Crippen molar-refractivity contribution in [3.63, 3.8) is 0 Å². The van der Waals surface area contributed by atoms with Crippen LogP contribution in [0.1, 0.15) is 34.1 Å². The molecule has 0 aromatic heterocycles. The summed E-state index contributed by atoms with van der Waals surface area (Å²) < 4.78 is 0. The maximum Gasteiger partial charge on any atom is 0.221 e. The van der Waals surface area contributed by atoms with Gasteiger partial charge in [-0.05, 0) is 31.4 Å². The van der Waals surface area contributed by atoms with E-state index in [-0.39, 0.29) is 5.96 Å². The van der Waals surface area contributed by atoms with Crippen LogP contribution < -0.4 is 0 Å². The van der Waals surface area contributed by atoms with E-state index in [1.165, 1.54) is 5.57 Å². The molecule has 0 fully saturated rings. The van der Waals surface area contributed by atoms with Crippen LogP contribution in [0.3, 0.4) is 0 Å². The fourth-order valence-electron chi connectivity index (χ4n) is 0.964. The van der Waals surface area contributed by atoms with Crippen molar-refractivity contribution >= 4 is 12.2 Å². The van der Waals surface area contributed by atoms with Gasteiger partial charge in [-0.25, -0.2) is 4.99 Å². The van der Waals surface area contributed by atoms with Gasteiger partial charge in [0.1, 0.15) is 0 Å². The largest absolute Gasteiger partial charge is 0.321 e. The number of nitrogens with one attached hydrogen (secondary N) is 1. The third-order valence-electron chi connectivity index (χ3n) is 2.34. The van der Waals surface area contributed by atoms with E-state index in [0.717, 1.165) is 0 Å². The van der Waals surface area contributed by atoms with Crippen LogP contribution in [-0.4, -0.2) is 24.1 Å². The number of guanidine groups is 1. The average molecular weight is 233 g/mol. The van der Waals surface area contributed by atoms with Gasteiger partial charge in [0.05, 0.1) is 0 Å². The minimum Gasteiger partial charge on any atom is -0.321 e. The van der Waals surface area contributed by atoms with Crippen LogP contribution in [0.5, 0.6) is 0 Å². The van der Waals surface area contributed by atoms with Crippen LogP contribution in [0, 0.1) is 11.3 Å². The normalized spacial score (nSPS) is 10.9. The van der Waals surface area contributed by atoms with Gasteiger partial charge in [0.25, 0.3) is 0 Å². The highest BCUT2D eigenvalue weighted by molar-refractivity contribution is 5.86. The van der Waals surface area contributed by atoms with Crippen molar-refractivity contribution in [2.75, 3.05) is 7.05 Å². The average Bonchev–Trinajstić information content (AvgIpc) is 2.28. The molecule has 1 N–H and O–H groups in total. The number of rotatable bonds is 4. The van der Waals surface area contributed by atoms with Crippen molar-refractivity contribution in [2.24, 2.45) is 10.9 Å². The fourth-order valence-corrected chi connectivity index (χ4v) is 0.964. The first kappa shape index (κ1) is 15.4. The number of hydrogen-bond acceptors (Lipinski definition) is 1. The number of allylic oxidation sites excluding steroid dienone is 2. The van der Waals surface area contributed by atoms with Crippen molar-refractivity contribution in [1.29, 1.82) is 5.41 Å². The first-order valence-electron chi connectivity index (χ1n) is 5.87. The van der Waals surface area contributed by atoms with Crippen LogP contribution in [-0.2, 0) is 0 Å². The molecule has 0 aliphatic carbocycles. The summed E-state index contributed by atoms with van der Waals surface area (Å²) in [5, 5.41) is 7.62. The Morgan fingerprint density at radius 2 is 2.12 bits per heavy atom. The highest BCUT2D eigenvalue weighted by Crippen LogP contribution is 2.05. The third kappa shape index (κ3) is 7.31. The molecule has 3 nitrogen and oxygen atoms in total. The zero-order valence-electron chi connectivity index (χ0n) is 11.5. The second-order valence-electron chi connectivity index (χ2n) is 4.15. The Bertz CT molecular complexity index is 356. The molecule has 0 aromatic rings. The summed E-state index contributed by atoms with van der Waals surface area (Å²) in [6, 6.07) is 0. The molecule has 0 amide bonds. The van der Waals surface area contributed by atoms with Crippen molar-refractivity contribution in [3.8, 4) is 0 Å². The summed E-state index contributed by atoms with van der Waals surface area (Å²) >= 11 is 0. The van der Waals surface area contributed by atoms with E-state index in [4.69, 9.17) is 5.41 Å². The predicted octanol–water partition coefficient (Wildman–Crippen LogP) is 3.60. The maximum atomic E-state index is 7.62. The summed E-state index contributed by atoms with van der Waals surface area (Å²) in [5.74, 6) is 0.767. The third-order valence-corrected chi connectivity index (χ3v) is 2.34. The van der Waals surface area contributed by atoms with Crippen LogP contribution in [0.2, 0.25) is 0 Å². The Kier molecular flexibility index (Phi) is 7.74. The molecule has 0 aliphatic rings. The van der Waals surface area contributed by atoms with Gasteiger partial charge in [-0.3, -0.25) is 5.41 Å². The minimum atomic E-state index is 0.237. The molecule has 0 radical (unpaired) electrons. The molecule has 94 valence electrons. The molecule has 0 heterocycles. The molecule has 0 saturated carbocycles. The molecule has 0 atom stereocenters. The van der Waals surface area contributed by atoms with Crippen molar-refractivity contribution in [3.05, 3.63) is 29.7 Å². The van der Waals surface area contributed by atoms with Gasteiger partial charge < -0.3 is 4.90 Å². The van der Waals surface area contributed by atoms with Gasteiger partial charge in [-0.1, -0.05) is 19.9 Å². The molecule has 0 rings (SSSR count). The minimum absolute atomic E-state index is 0.237.